The van der Waals surface area contributed by atoms with Crippen molar-refractivity contribution in [1.82, 2.24) is 4.31 Å². The third-order valence-corrected chi connectivity index (χ3v) is 6.70. The van der Waals surface area contributed by atoms with Gasteiger partial charge in [0.25, 0.3) is 0 Å². The van der Waals surface area contributed by atoms with Crippen molar-refractivity contribution in [2.75, 3.05) is 26.8 Å². The standard InChI is InChI=1S/C20H27NO4S/c1-15(2)14-25-16-10-12-21(13-11-16)26(22,23)20-9-8-19(24-3)17-6-4-5-7-18(17)20/h4-9,15-16H,10-14H2,1-3H3. The molecule has 2 aromatic carbocycles. The Bertz CT molecular complexity index is 855. The summed E-state index contributed by atoms with van der Waals surface area (Å²) in [7, 11) is -1.95. The zero-order valence-electron chi connectivity index (χ0n) is 15.6. The van der Waals surface area contributed by atoms with Crippen LogP contribution in [0.4, 0.5) is 0 Å². The maximum Gasteiger partial charge on any atom is 0.243 e. The lowest BCUT2D eigenvalue weighted by Gasteiger charge is -2.31. The Morgan fingerprint density at radius 2 is 1.73 bits per heavy atom. The van der Waals surface area contributed by atoms with Crippen LogP contribution in [0.3, 0.4) is 0 Å². The van der Waals surface area contributed by atoms with Crippen molar-refractivity contribution in [2.24, 2.45) is 5.92 Å². The summed E-state index contributed by atoms with van der Waals surface area (Å²) in [5, 5.41) is 1.51. The van der Waals surface area contributed by atoms with Crippen molar-refractivity contribution < 1.29 is 17.9 Å². The second-order valence-electron chi connectivity index (χ2n) is 7.14. The molecule has 0 atom stereocenters. The predicted octanol–water partition coefficient (Wildman–Crippen LogP) is 3.67. The van der Waals surface area contributed by atoms with Gasteiger partial charge in [-0.2, -0.15) is 4.31 Å². The Morgan fingerprint density at radius 1 is 1.08 bits per heavy atom. The van der Waals surface area contributed by atoms with Crippen molar-refractivity contribution in [3.05, 3.63) is 36.4 Å². The summed E-state index contributed by atoms with van der Waals surface area (Å²) in [6, 6.07) is 10.8. The Hall–Kier alpha value is -1.63. The molecule has 0 spiro atoms. The molecule has 0 unspecified atom stereocenters. The quantitative estimate of drug-likeness (QED) is 0.771. The normalized spacial score (nSPS) is 17.1. The molecule has 6 heteroatoms. The van der Waals surface area contributed by atoms with Gasteiger partial charge < -0.3 is 9.47 Å². The lowest BCUT2D eigenvalue weighted by molar-refractivity contribution is 0.00750. The maximum atomic E-state index is 13.2. The summed E-state index contributed by atoms with van der Waals surface area (Å²) in [6.07, 6.45) is 1.62. The molecule has 0 amide bonds. The van der Waals surface area contributed by atoms with Gasteiger partial charge in [0, 0.05) is 30.5 Å². The Kier molecular flexibility index (Phi) is 5.85. The highest BCUT2D eigenvalue weighted by atomic mass is 32.2. The van der Waals surface area contributed by atoms with Gasteiger partial charge in [-0.25, -0.2) is 8.42 Å². The fraction of sp³-hybridized carbons (Fsp3) is 0.500. The molecule has 0 saturated carbocycles. The number of ether oxygens (including phenoxy) is 2. The van der Waals surface area contributed by atoms with E-state index >= 15 is 0 Å². The van der Waals surface area contributed by atoms with Crippen LogP contribution >= 0.6 is 0 Å². The summed E-state index contributed by atoms with van der Waals surface area (Å²) < 4.78 is 39.3. The minimum atomic E-state index is -3.55. The first-order valence-corrected chi connectivity index (χ1v) is 10.5. The topological polar surface area (TPSA) is 55.8 Å². The summed E-state index contributed by atoms with van der Waals surface area (Å²) >= 11 is 0. The fourth-order valence-electron chi connectivity index (χ4n) is 3.35. The predicted molar refractivity (Wildman–Crippen MR) is 103 cm³/mol. The number of piperidine rings is 1. The maximum absolute atomic E-state index is 13.2. The lowest BCUT2D eigenvalue weighted by atomic mass is 10.1. The van der Waals surface area contributed by atoms with Crippen LogP contribution in [-0.2, 0) is 14.8 Å². The molecule has 1 aliphatic rings. The van der Waals surface area contributed by atoms with E-state index in [1.807, 2.05) is 24.3 Å². The van der Waals surface area contributed by atoms with Crippen LogP contribution in [0.15, 0.2) is 41.3 Å². The van der Waals surface area contributed by atoms with Gasteiger partial charge in [0.1, 0.15) is 5.75 Å². The molecule has 1 fully saturated rings. The van der Waals surface area contributed by atoms with Crippen molar-refractivity contribution in [2.45, 2.75) is 37.7 Å². The average Bonchev–Trinajstić information content (AvgIpc) is 2.65. The zero-order valence-corrected chi connectivity index (χ0v) is 16.5. The van der Waals surface area contributed by atoms with Gasteiger partial charge in [0.05, 0.1) is 18.1 Å². The van der Waals surface area contributed by atoms with Crippen molar-refractivity contribution >= 4 is 20.8 Å². The average molecular weight is 378 g/mol. The second-order valence-corrected chi connectivity index (χ2v) is 9.05. The van der Waals surface area contributed by atoms with Crippen LogP contribution in [0.25, 0.3) is 10.8 Å². The van der Waals surface area contributed by atoms with E-state index in [0.717, 1.165) is 24.8 Å². The first-order chi connectivity index (χ1) is 12.4. The third-order valence-electron chi connectivity index (χ3n) is 4.75. The van der Waals surface area contributed by atoms with E-state index < -0.39 is 10.0 Å². The highest BCUT2D eigenvalue weighted by Crippen LogP contribution is 2.33. The monoisotopic (exact) mass is 377 g/mol. The van der Waals surface area contributed by atoms with Crippen LogP contribution in [0.2, 0.25) is 0 Å². The first-order valence-electron chi connectivity index (χ1n) is 9.11. The Labute approximate surface area is 156 Å². The molecular weight excluding hydrogens is 350 g/mol. The molecular formula is C20H27NO4S. The largest absolute Gasteiger partial charge is 0.496 e. The Balaban J connectivity index is 1.83. The second kappa shape index (κ2) is 7.94. The lowest BCUT2D eigenvalue weighted by Crippen LogP contribution is -2.41. The molecule has 0 bridgehead atoms. The number of nitrogens with zero attached hydrogens (tertiary/aromatic N) is 1. The minimum Gasteiger partial charge on any atom is -0.496 e. The van der Waals surface area contributed by atoms with Gasteiger partial charge in [-0.05, 0) is 30.9 Å². The summed E-state index contributed by atoms with van der Waals surface area (Å²) in [5.41, 5.74) is 0. The molecule has 1 saturated heterocycles. The van der Waals surface area contributed by atoms with Crippen molar-refractivity contribution in [3.63, 3.8) is 0 Å². The number of sulfonamides is 1. The number of rotatable bonds is 6. The summed E-state index contributed by atoms with van der Waals surface area (Å²) in [6.45, 7) is 5.94. The fourth-order valence-corrected chi connectivity index (χ4v) is 5.02. The van der Waals surface area contributed by atoms with Gasteiger partial charge in [0.15, 0.2) is 0 Å². The molecule has 5 nitrogen and oxygen atoms in total. The van der Waals surface area contributed by atoms with Crippen LogP contribution in [-0.4, -0.2) is 45.6 Å². The van der Waals surface area contributed by atoms with E-state index in [0.29, 0.717) is 35.0 Å². The molecule has 0 aliphatic carbocycles. The Morgan fingerprint density at radius 3 is 2.35 bits per heavy atom. The molecule has 2 aromatic rings. The molecule has 1 heterocycles. The summed E-state index contributed by atoms with van der Waals surface area (Å²) in [4.78, 5) is 0.343. The smallest absolute Gasteiger partial charge is 0.243 e. The number of fused-ring (bicyclic) bond motifs is 1. The van der Waals surface area contributed by atoms with Crippen LogP contribution < -0.4 is 4.74 Å². The molecule has 0 aromatic heterocycles. The van der Waals surface area contributed by atoms with E-state index in [4.69, 9.17) is 9.47 Å². The molecule has 26 heavy (non-hydrogen) atoms. The molecule has 3 rings (SSSR count). The zero-order chi connectivity index (χ0) is 18.7. The van der Waals surface area contributed by atoms with E-state index in [1.165, 1.54) is 0 Å². The number of hydrogen-bond acceptors (Lipinski definition) is 4. The van der Waals surface area contributed by atoms with E-state index in [9.17, 15) is 8.42 Å². The minimum absolute atomic E-state index is 0.150. The van der Waals surface area contributed by atoms with Crippen molar-refractivity contribution in [1.29, 1.82) is 0 Å². The highest BCUT2D eigenvalue weighted by Gasteiger charge is 2.31. The van der Waals surface area contributed by atoms with Gasteiger partial charge in [0.2, 0.25) is 10.0 Å². The molecule has 0 radical (unpaired) electrons. The van der Waals surface area contributed by atoms with Gasteiger partial charge in [-0.15, -0.1) is 0 Å². The van der Waals surface area contributed by atoms with Gasteiger partial charge in [-0.1, -0.05) is 38.1 Å². The molecule has 1 aliphatic heterocycles. The van der Waals surface area contributed by atoms with Gasteiger partial charge >= 0.3 is 0 Å². The van der Waals surface area contributed by atoms with E-state index in [2.05, 4.69) is 13.8 Å². The third kappa shape index (κ3) is 3.87. The van der Waals surface area contributed by atoms with Crippen LogP contribution in [0.1, 0.15) is 26.7 Å². The number of hydrogen-bond donors (Lipinski definition) is 0. The SMILES string of the molecule is COc1ccc(S(=O)(=O)N2CCC(OCC(C)C)CC2)c2ccccc12. The highest BCUT2D eigenvalue weighted by molar-refractivity contribution is 7.89. The van der Waals surface area contributed by atoms with Crippen LogP contribution in [0.5, 0.6) is 5.75 Å². The van der Waals surface area contributed by atoms with Crippen LogP contribution in [0, 0.1) is 5.92 Å². The number of methoxy groups -OCH3 is 1. The van der Waals surface area contributed by atoms with Crippen molar-refractivity contribution in [3.8, 4) is 5.75 Å². The summed E-state index contributed by atoms with van der Waals surface area (Å²) in [5.74, 6) is 1.17. The number of benzene rings is 2. The first kappa shape index (κ1) is 19.1. The molecule has 0 N–H and O–H groups in total. The molecule has 142 valence electrons. The van der Waals surface area contributed by atoms with E-state index in [1.54, 1.807) is 23.5 Å². The van der Waals surface area contributed by atoms with E-state index in [-0.39, 0.29) is 6.10 Å². The van der Waals surface area contributed by atoms with Gasteiger partial charge in [-0.3, -0.25) is 0 Å².